The van der Waals surface area contributed by atoms with Gasteiger partial charge in [-0.25, -0.2) is 9.78 Å². The Morgan fingerprint density at radius 3 is 2.62 bits per heavy atom. The first-order chi connectivity index (χ1) is 9.99. The number of nitrogens with zero attached hydrogens (tertiary/aromatic N) is 2. The summed E-state index contributed by atoms with van der Waals surface area (Å²) in [6, 6.07) is 3.17. The summed E-state index contributed by atoms with van der Waals surface area (Å²) in [6.07, 6.45) is 2.44. The lowest BCUT2D eigenvalue weighted by atomic mass is 10.2. The number of hydrogen-bond acceptors (Lipinski definition) is 4. The molecule has 1 amide bonds. The molecule has 0 aromatic carbocycles. The summed E-state index contributed by atoms with van der Waals surface area (Å²) < 4.78 is 0. The summed E-state index contributed by atoms with van der Waals surface area (Å²) in [4.78, 5) is 29.4. The third-order valence-electron chi connectivity index (χ3n) is 3.87. The summed E-state index contributed by atoms with van der Waals surface area (Å²) in [7, 11) is 0. The number of nitrogens with one attached hydrogen (secondary N) is 1. The highest BCUT2D eigenvalue weighted by Crippen LogP contribution is 2.11. The summed E-state index contributed by atoms with van der Waals surface area (Å²) in [5.74, 6) is -1.30. The number of hydrogen-bond donors (Lipinski definition) is 2. The molecular formula is C15H21N3O3. The molecule has 6 nitrogen and oxygen atoms in total. The number of aryl methyl sites for hydroxylation is 1. The van der Waals surface area contributed by atoms with Crippen LogP contribution in [0.15, 0.2) is 12.1 Å². The zero-order valence-electron chi connectivity index (χ0n) is 12.4. The van der Waals surface area contributed by atoms with E-state index in [1.165, 1.54) is 25.0 Å². The Hall–Kier alpha value is -1.95. The van der Waals surface area contributed by atoms with Gasteiger partial charge in [0.25, 0.3) is 5.91 Å². The van der Waals surface area contributed by atoms with E-state index in [0.717, 1.165) is 13.1 Å². The lowest BCUT2D eigenvalue weighted by Crippen LogP contribution is -2.40. The molecule has 2 heterocycles. The van der Waals surface area contributed by atoms with Gasteiger partial charge in [0.15, 0.2) is 0 Å². The molecule has 2 rings (SSSR count). The largest absolute Gasteiger partial charge is 0.478 e. The van der Waals surface area contributed by atoms with Crippen LogP contribution in [0.2, 0.25) is 0 Å². The molecule has 114 valence electrons. The molecule has 1 aromatic rings. The maximum Gasteiger partial charge on any atom is 0.337 e. The third kappa shape index (κ3) is 3.78. The third-order valence-corrected chi connectivity index (χ3v) is 3.87. The Morgan fingerprint density at radius 1 is 1.38 bits per heavy atom. The van der Waals surface area contributed by atoms with Crippen molar-refractivity contribution in [2.24, 2.45) is 0 Å². The number of carboxylic acid groups (broad SMARTS) is 1. The van der Waals surface area contributed by atoms with Gasteiger partial charge in [0.1, 0.15) is 5.69 Å². The summed E-state index contributed by atoms with van der Waals surface area (Å²) in [5, 5.41) is 11.8. The number of pyridine rings is 1. The van der Waals surface area contributed by atoms with Crippen LogP contribution in [-0.4, -0.2) is 52.5 Å². The van der Waals surface area contributed by atoms with Crippen molar-refractivity contribution in [3.63, 3.8) is 0 Å². The van der Waals surface area contributed by atoms with Crippen LogP contribution in [0.3, 0.4) is 0 Å². The molecule has 0 bridgehead atoms. The van der Waals surface area contributed by atoms with E-state index in [1.54, 1.807) is 6.92 Å². The smallest absolute Gasteiger partial charge is 0.337 e. The maximum atomic E-state index is 12.1. The molecule has 0 aliphatic carbocycles. The van der Waals surface area contributed by atoms with Gasteiger partial charge < -0.3 is 10.4 Å². The zero-order chi connectivity index (χ0) is 15.4. The van der Waals surface area contributed by atoms with Gasteiger partial charge >= 0.3 is 5.97 Å². The van der Waals surface area contributed by atoms with E-state index in [0.29, 0.717) is 18.3 Å². The molecule has 1 fully saturated rings. The Kier molecular flexibility index (Phi) is 4.90. The normalized spacial score (nSPS) is 16.7. The predicted octanol–water partition coefficient (Wildman–Crippen LogP) is 1.30. The number of carboxylic acids is 1. The van der Waals surface area contributed by atoms with Crippen molar-refractivity contribution in [1.82, 2.24) is 15.2 Å². The van der Waals surface area contributed by atoms with Crippen LogP contribution in [0.1, 0.15) is 46.3 Å². The van der Waals surface area contributed by atoms with Crippen molar-refractivity contribution in [1.29, 1.82) is 0 Å². The van der Waals surface area contributed by atoms with Crippen LogP contribution >= 0.6 is 0 Å². The van der Waals surface area contributed by atoms with Crippen molar-refractivity contribution in [2.75, 3.05) is 19.6 Å². The van der Waals surface area contributed by atoms with E-state index < -0.39 is 5.97 Å². The quantitative estimate of drug-likeness (QED) is 0.854. The molecule has 1 aliphatic rings. The molecule has 1 saturated heterocycles. The number of carbonyl (C=O) groups excluding carboxylic acids is 1. The fourth-order valence-corrected chi connectivity index (χ4v) is 2.56. The van der Waals surface area contributed by atoms with E-state index >= 15 is 0 Å². The van der Waals surface area contributed by atoms with Crippen molar-refractivity contribution >= 4 is 11.9 Å². The average molecular weight is 291 g/mol. The highest BCUT2D eigenvalue weighted by molar-refractivity contribution is 5.94. The van der Waals surface area contributed by atoms with E-state index in [-0.39, 0.29) is 17.2 Å². The molecule has 0 radical (unpaired) electrons. The Bertz CT molecular complexity index is 539. The van der Waals surface area contributed by atoms with E-state index in [9.17, 15) is 9.59 Å². The molecule has 1 aromatic heterocycles. The van der Waals surface area contributed by atoms with Crippen molar-refractivity contribution < 1.29 is 14.7 Å². The highest BCUT2D eigenvalue weighted by atomic mass is 16.4. The van der Waals surface area contributed by atoms with Gasteiger partial charge in [0.2, 0.25) is 0 Å². The monoisotopic (exact) mass is 291 g/mol. The van der Waals surface area contributed by atoms with Gasteiger partial charge in [-0.05, 0) is 51.9 Å². The predicted molar refractivity (Wildman–Crippen MR) is 78.5 cm³/mol. The van der Waals surface area contributed by atoms with Crippen LogP contribution < -0.4 is 5.32 Å². The van der Waals surface area contributed by atoms with Gasteiger partial charge in [0, 0.05) is 12.6 Å². The van der Waals surface area contributed by atoms with Crippen molar-refractivity contribution in [2.45, 2.75) is 32.7 Å². The second kappa shape index (κ2) is 6.67. The number of amides is 1. The van der Waals surface area contributed by atoms with Crippen LogP contribution in [0, 0.1) is 6.92 Å². The first-order valence-corrected chi connectivity index (χ1v) is 7.22. The molecule has 1 atom stereocenters. The van der Waals surface area contributed by atoms with Gasteiger partial charge in [-0.2, -0.15) is 0 Å². The van der Waals surface area contributed by atoms with Gasteiger partial charge in [-0.1, -0.05) is 0 Å². The molecule has 1 aliphatic heterocycles. The standard InChI is InChI=1S/C15H21N3O3/c1-10(18-7-3-4-8-18)9-16-14(19)13-6-5-12(15(20)21)11(2)17-13/h5-6,10H,3-4,7-9H2,1-2H3,(H,16,19)(H,20,21). The zero-order valence-corrected chi connectivity index (χ0v) is 12.4. The topological polar surface area (TPSA) is 82.5 Å². The lowest BCUT2D eigenvalue weighted by Gasteiger charge is -2.23. The molecule has 1 unspecified atom stereocenters. The molecule has 2 N–H and O–H groups in total. The first kappa shape index (κ1) is 15.4. The van der Waals surface area contributed by atoms with Crippen molar-refractivity contribution in [3.05, 3.63) is 29.1 Å². The molecular weight excluding hydrogens is 270 g/mol. The maximum absolute atomic E-state index is 12.1. The molecule has 0 saturated carbocycles. The highest BCUT2D eigenvalue weighted by Gasteiger charge is 2.19. The summed E-state index contributed by atoms with van der Waals surface area (Å²) in [5.41, 5.74) is 0.728. The van der Waals surface area contributed by atoms with Crippen LogP contribution in [0.5, 0.6) is 0 Å². The number of rotatable bonds is 5. The van der Waals surface area contributed by atoms with Crippen LogP contribution in [0.4, 0.5) is 0 Å². The number of aromatic nitrogens is 1. The Balaban J connectivity index is 1.94. The van der Waals surface area contributed by atoms with Crippen molar-refractivity contribution in [3.8, 4) is 0 Å². The number of aromatic carboxylic acids is 1. The van der Waals surface area contributed by atoms with E-state index in [2.05, 4.69) is 22.1 Å². The molecule has 6 heteroatoms. The minimum atomic E-state index is -1.03. The van der Waals surface area contributed by atoms with Gasteiger partial charge in [-0.3, -0.25) is 9.69 Å². The number of likely N-dealkylation sites (tertiary alicyclic amines) is 1. The lowest BCUT2D eigenvalue weighted by molar-refractivity contribution is 0.0694. The summed E-state index contributed by atoms with van der Waals surface area (Å²) >= 11 is 0. The first-order valence-electron chi connectivity index (χ1n) is 7.22. The fraction of sp³-hybridized carbons (Fsp3) is 0.533. The second-order valence-electron chi connectivity index (χ2n) is 5.44. The Labute approximate surface area is 124 Å². The van der Waals surface area contributed by atoms with Gasteiger partial charge in [0.05, 0.1) is 11.3 Å². The molecule has 21 heavy (non-hydrogen) atoms. The van der Waals surface area contributed by atoms with Crippen LogP contribution in [-0.2, 0) is 0 Å². The Morgan fingerprint density at radius 2 is 2.05 bits per heavy atom. The minimum absolute atomic E-state index is 0.122. The average Bonchev–Trinajstić information content (AvgIpc) is 2.98. The SMILES string of the molecule is Cc1nc(C(=O)NCC(C)N2CCCC2)ccc1C(=O)O. The second-order valence-corrected chi connectivity index (χ2v) is 5.44. The molecule has 0 spiro atoms. The summed E-state index contributed by atoms with van der Waals surface area (Å²) in [6.45, 7) is 6.43. The number of carbonyl (C=O) groups is 2. The minimum Gasteiger partial charge on any atom is -0.478 e. The van der Waals surface area contributed by atoms with E-state index in [4.69, 9.17) is 5.11 Å². The van der Waals surface area contributed by atoms with E-state index in [1.807, 2.05) is 0 Å². The van der Waals surface area contributed by atoms with Gasteiger partial charge in [-0.15, -0.1) is 0 Å². The van der Waals surface area contributed by atoms with Crippen LogP contribution in [0.25, 0.3) is 0 Å². The fourth-order valence-electron chi connectivity index (χ4n) is 2.56.